The third-order valence-corrected chi connectivity index (χ3v) is 5.48. The number of carboxylic acids is 1. The largest absolute Gasteiger partial charge is 0.479 e. The van der Waals surface area contributed by atoms with Crippen LogP contribution in [0.4, 0.5) is 14.9 Å². The van der Waals surface area contributed by atoms with Crippen molar-refractivity contribution in [2.75, 3.05) is 25.6 Å². The molecule has 0 heterocycles. The van der Waals surface area contributed by atoms with Crippen molar-refractivity contribution in [3.8, 4) is 11.1 Å². The van der Waals surface area contributed by atoms with Crippen LogP contribution in [0.25, 0.3) is 11.1 Å². The van der Waals surface area contributed by atoms with E-state index in [-0.39, 0.29) is 18.2 Å². The van der Waals surface area contributed by atoms with Gasteiger partial charge in [0.15, 0.2) is 12.4 Å². The highest BCUT2D eigenvalue weighted by Gasteiger charge is 2.29. The summed E-state index contributed by atoms with van der Waals surface area (Å²) in [6.07, 6.45) is -0.874. The van der Waals surface area contributed by atoms with Crippen molar-refractivity contribution < 1.29 is 33.5 Å². The first-order valence-electron chi connectivity index (χ1n) is 10.4. The Morgan fingerprint density at radius 3 is 2.21 bits per heavy atom. The van der Waals surface area contributed by atoms with Crippen molar-refractivity contribution in [2.45, 2.75) is 5.92 Å². The highest BCUT2D eigenvalue weighted by Crippen LogP contribution is 2.44. The molecule has 0 radical (unpaired) electrons. The Bertz CT molecular complexity index is 1220. The van der Waals surface area contributed by atoms with Crippen LogP contribution in [-0.2, 0) is 14.4 Å². The van der Waals surface area contributed by atoms with Crippen LogP contribution in [0.2, 0.25) is 0 Å². The maximum absolute atomic E-state index is 14.9. The second-order valence-electron chi connectivity index (χ2n) is 7.59. The number of hydrogen-bond donors (Lipinski definition) is 2. The third kappa shape index (κ3) is 4.60. The van der Waals surface area contributed by atoms with Crippen molar-refractivity contribution >= 4 is 23.7 Å². The number of carbonyl (C=O) groups excluding carboxylic acids is 2. The lowest BCUT2D eigenvalue weighted by atomic mass is 9.98. The molecule has 2 amide bonds. The number of halogens is 1. The number of carbonyl (C=O) groups is 3. The average Bonchev–Trinajstić information content (AvgIpc) is 3.16. The summed E-state index contributed by atoms with van der Waals surface area (Å²) in [5.41, 5.74) is 3.59. The number of hydroxylamine groups is 2. The van der Waals surface area contributed by atoms with E-state index in [4.69, 9.17) is 14.7 Å². The summed E-state index contributed by atoms with van der Waals surface area (Å²) in [6, 6.07) is 19.6. The number of benzene rings is 3. The lowest BCUT2D eigenvalue weighted by molar-refractivity contribution is -0.159. The van der Waals surface area contributed by atoms with Gasteiger partial charge in [-0.15, -0.1) is 0 Å². The molecule has 1 aliphatic rings. The summed E-state index contributed by atoms with van der Waals surface area (Å²) < 4.78 is 20.3. The Balaban J connectivity index is 1.44. The molecule has 174 valence electrons. The number of carboxylic acid groups (broad SMARTS) is 1. The second kappa shape index (κ2) is 9.72. The highest BCUT2D eigenvalue weighted by atomic mass is 19.1. The molecule has 0 spiro atoms. The monoisotopic (exact) mass is 464 g/mol. The number of nitrogens with zero attached hydrogens (tertiary/aromatic N) is 1. The van der Waals surface area contributed by atoms with Gasteiger partial charge in [0.05, 0.1) is 11.3 Å². The molecule has 0 bridgehead atoms. The first-order chi connectivity index (χ1) is 16.4. The van der Waals surface area contributed by atoms with Gasteiger partial charge in [-0.3, -0.25) is 14.9 Å². The fourth-order valence-electron chi connectivity index (χ4n) is 3.92. The van der Waals surface area contributed by atoms with E-state index in [0.29, 0.717) is 5.06 Å². The van der Waals surface area contributed by atoms with E-state index in [1.165, 1.54) is 18.2 Å². The number of amides is 2. The Kier molecular flexibility index (Phi) is 6.55. The fraction of sp³-hybridized carbons (Fsp3) is 0.160. The summed E-state index contributed by atoms with van der Waals surface area (Å²) >= 11 is 0. The molecule has 8 nitrogen and oxygen atoms in total. The first kappa shape index (κ1) is 22.9. The molecular weight excluding hydrogens is 443 g/mol. The predicted molar refractivity (Wildman–Crippen MR) is 121 cm³/mol. The number of nitrogens with one attached hydrogen (secondary N) is 1. The molecule has 0 unspecified atom stereocenters. The Hall–Kier alpha value is -4.24. The predicted octanol–water partition coefficient (Wildman–Crippen LogP) is 4.27. The summed E-state index contributed by atoms with van der Waals surface area (Å²) in [4.78, 5) is 40.2. The Labute approximate surface area is 194 Å². The minimum absolute atomic E-state index is 0.0475. The molecule has 34 heavy (non-hydrogen) atoms. The summed E-state index contributed by atoms with van der Waals surface area (Å²) in [7, 11) is 1.16. The molecule has 0 atom stereocenters. The molecule has 0 fully saturated rings. The maximum atomic E-state index is 14.9. The molecule has 1 aliphatic carbocycles. The van der Waals surface area contributed by atoms with Crippen LogP contribution in [0, 0.1) is 5.82 Å². The van der Waals surface area contributed by atoms with Crippen molar-refractivity contribution in [1.82, 2.24) is 5.06 Å². The summed E-state index contributed by atoms with van der Waals surface area (Å²) in [5.74, 6) is -3.34. The van der Waals surface area contributed by atoms with Crippen molar-refractivity contribution in [3.63, 3.8) is 0 Å². The van der Waals surface area contributed by atoms with Gasteiger partial charge < -0.3 is 9.84 Å². The van der Waals surface area contributed by atoms with E-state index in [2.05, 4.69) is 5.32 Å². The van der Waals surface area contributed by atoms with Crippen LogP contribution >= 0.6 is 0 Å². The summed E-state index contributed by atoms with van der Waals surface area (Å²) in [5, 5.41) is 11.6. The molecule has 0 saturated heterocycles. The number of rotatable bonds is 7. The topological polar surface area (TPSA) is 105 Å². The van der Waals surface area contributed by atoms with Crippen molar-refractivity contribution in [3.05, 3.63) is 89.2 Å². The van der Waals surface area contributed by atoms with Crippen molar-refractivity contribution in [1.29, 1.82) is 0 Å². The molecule has 3 aromatic rings. The SMILES string of the molecule is CN(OCC(=O)O)C(=O)c1cccc(NC(=O)OCC2c3ccccc3-c3ccccc32)c1F. The number of hydrogen-bond acceptors (Lipinski definition) is 5. The average molecular weight is 464 g/mol. The van der Waals surface area contributed by atoms with Crippen molar-refractivity contribution in [2.24, 2.45) is 0 Å². The molecule has 3 aromatic carbocycles. The Morgan fingerprint density at radius 1 is 0.971 bits per heavy atom. The van der Waals surface area contributed by atoms with Gasteiger partial charge in [-0.1, -0.05) is 54.6 Å². The minimum Gasteiger partial charge on any atom is -0.479 e. The normalized spacial score (nSPS) is 11.9. The number of ether oxygens (including phenoxy) is 1. The molecule has 0 aliphatic heterocycles. The van der Waals surface area contributed by atoms with E-state index >= 15 is 0 Å². The number of aliphatic carboxylic acids is 1. The van der Waals surface area contributed by atoms with E-state index in [9.17, 15) is 18.8 Å². The zero-order valence-electron chi connectivity index (χ0n) is 18.2. The van der Waals surface area contributed by atoms with E-state index in [1.807, 2.05) is 48.5 Å². The third-order valence-electron chi connectivity index (χ3n) is 5.48. The first-order valence-corrected chi connectivity index (χ1v) is 10.4. The maximum Gasteiger partial charge on any atom is 0.411 e. The molecule has 4 rings (SSSR count). The van der Waals surface area contributed by atoms with Crippen LogP contribution in [0.1, 0.15) is 27.4 Å². The quantitative estimate of drug-likeness (QED) is 0.506. The molecular formula is C25H21FN2O6. The van der Waals surface area contributed by atoms with Crippen LogP contribution in [0.15, 0.2) is 66.7 Å². The molecule has 9 heteroatoms. The lowest BCUT2D eigenvalue weighted by Crippen LogP contribution is -2.30. The standard InChI is InChI=1S/C25H21FN2O6/c1-28(34-14-22(29)30)24(31)19-11-6-12-21(23(19)26)27-25(32)33-13-20-17-9-4-2-7-15(17)16-8-3-5-10-18(16)20/h2-12,20H,13-14H2,1H3,(H,27,32)(H,29,30). The van der Waals surface area contributed by atoms with Gasteiger partial charge in [-0.2, -0.15) is 0 Å². The minimum atomic E-state index is -1.29. The zero-order chi connectivity index (χ0) is 24.2. The highest BCUT2D eigenvalue weighted by molar-refractivity contribution is 5.96. The van der Waals surface area contributed by atoms with Gasteiger partial charge in [0.25, 0.3) is 5.91 Å². The molecule has 0 aromatic heterocycles. The number of fused-ring (bicyclic) bond motifs is 3. The van der Waals surface area contributed by atoms with Gasteiger partial charge in [0, 0.05) is 13.0 Å². The second-order valence-corrected chi connectivity index (χ2v) is 7.59. The van der Waals surface area contributed by atoms with Gasteiger partial charge in [0.2, 0.25) is 0 Å². The van der Waals surface area contributed by atoms with Crippen LogP contribution in [0.5, 0.6) is 0 Å². The summed E-state index contributed by atoms with van der Waals surface area (Å²) in [6.45, 7) is -0.715. The van der Waals surface area contributed by atoms with Crippen LogP contribution in [-0.4, -0.2) is 48.4 Å². The van der Waals surface area contributed by atoms with Crippen LogP contribution < -0.4 is 5.32 Å². The molecule has 0 saturated carbocycles. The lowest BCUT2D eigenvalue weighted by Gasteiger charge is -2.17. The van der Waals surface area contributed by atoms with E-state index in [1.54, 1.807) is 0 Å². The van der Waals surface area contributed by atoms with E-state index < -0.39 is 36.0 Å². The van der Waals surface area contributed by atoms with Gasteiger partial charge >= 0.3 is 12.1 Å². The van der Waals surface area contributed by atoms with Gasteiger partial charge in [0.1, 0.15) is 6.61 Å². The van der Waals surface area contributed by atoms with Crippen LogP contribution in [0.3, 0.4) is 0 Å². The smallest absolute Gasteiger partial charge is 0.411 e. The zero-order valence-corrected chi connectivity index (χ0v) is 18.2. The van der Waals surface area contributed by atoms with E-state index in [0.717, 1.165) is 29.3 Å². The molecule has 2 N–H and O–H groups in total. The Morgan fingerprint density at radius 2 is 1.59 bits per heavy atom. The van der Waals surface area contributed by atoms with Gasteiger partial charge in [-0.25, -0.2) is 19.0 Å². The fourth-order valence-corrected chi connectivity index (χ4v) is 3.92. The van der Waals surface area contributed by atoms with Gasteiger partial charge in [-0.05, 0) is 34.4 Å². The number of anilines is 1.